The van der Waals surface area contributed by atoms with Gasteiger partial charge in [0.25, 0.3) is 0 Å². The standard InChI is InChI=1S/C17H23N5O2/c1-3-24-16-7-5-4-6-14(16)12-21(15-8-9-15)17(23)10-11-22-13(2)18-19-20-22/h4-7,15H,3,8-12H2,1-2H3. The molecule has 0 spiro atoms. The molecule has 0 atom stereocenters. The molecule has 7 nitrogen and oxygen atoms in total. The van der Waals surface area contributed by atoms with E-state index in [0.29, 0.717) is 32.2 Å². The Balaban J connectivity index is 1.66. The lowest BCUT2D eigenvalue weighted by Gasteiger charge is -2.24. The van der Waals surface area contributed by atoms with Crippen molar-refractivity contribution in [2.24, 2.45) is 0 Å². The summed E-state index contributed by atoms with van der Waals surface area (Å²) < 4.78 is 7.35. The van der Waals surface area contributed by atoms with Crippen LogP contribution in [0.4, 0.5) is 0 Å². The third-order valence-electron chi connectivity index (χ3n) is 4.17. The maximum absolute atomic E-state index is 12.7. The molecular formula is C17H23N5O2. The molecule has 0 aliphatic heterocycles. The highest BCUT2D eigenvalue weighted by Gasteiger charge is 2.32. The van der Waals surface area contributed by atoms with Gasteiger partial charge in [0.1, 0.15) is 11.6 Å². The molecule has 1 aliphatic rings. The van der Waals surface area contributed by atoms with E-state index < -0.39 is 0 Å². The number of carbonyl (C=O) groups excluding carboxylic acids is 1. The van der Waals surface area contributed by atoms with Gasteiger partial charge in [-0.05, 0) is 43.2 Å². The molecule has 128 valence electrons. The molecule has 1 aliphatic carbocycles. The lowest BCUT2D eigenvalue weighted by molar-refractivity contribution is -0.132. The number of aryl methyl sites for hydroxylation is 2. The molecule has 1 fully saturated rings. The number of carbonyl (C=O) groups is 1. The fourth-order valence-corrected chi connectivity index (χ4v) is 2.72. The second kappa shape index (κ2) is 7.42. The van der Waals surface area contributed by atoms with Gasteiger partial charge in [0, 0.05) is 24.6 Å². The molecule has 0 radical (unpaired) electrons. The zero-order valence-corrected chi connectivity index (χ0v) is 14.2. The van der Waals surface area contributed by atoms with Crippen molar-refractivity contribution in [1.29, 1.82) is 0 Å². The van der Waals surface area contributed by atoms with Crippen LogP contribution in [0, 0.1) is 6.92 Å². The van der Waals surface area contributed by atoms with Crippen molar-refractivity contribution >= 4 is 5.91 Å². The van der Waals surface area contributed by atoms with Crippen molar-refractivity contribution in [2.45, 2.75) is 52.2 Å². The highest BCUT2D eigenvalue weighted by molar-refractivity contribution is 5.77. The van der Waals surface area contributed by atoms with Crippen LogP contribution < -0.4 is 4.74 Å². The first kappa shape index (κ1) is 16.4. The van der Waals surface area contributed by atoms with Gasteiger partial charge in [0.15, 0.2) is 0 Å². The van der Waals surface area contributed by atoms with Crippen LogP contribution in [0.15, 0.2) is 24.3 Å². The summed E-state index contributed by atoms with van der Waals surface area (Å²) in [6.45, 7) is 5.52. The fourth-order valence-electron chi connectivity index (χ4n) is 2.72. The minimum absolute atomic E-state index is 0.138. The van der Waals surface area contributed by atoms with E-state index in [2.05, 4.69) is 15.5 Å². The molecule has 3 rings (SSSR count). The zero-order chi connectivity index (χ0) is 16.9. The van der Waals surface area contributed by atoms with E-state index in [9.17, 15) is 4.79 Å². The Morgan fingerprint density at radius 1 is 1.38 bits per heavy atom. The molecule has 1 aromatic heterocycles. The summed E-state index contributed by atoms with van der Waals surface area (Å²) in [6.07, 6.45) is 2.55. The Bertz CT molecular complexity index is 696. The van der Waals surface area contributed by atoms with E-state index >= 15 is 0 Å². The van der Waals surface area contributed by atoms with Crippen molar-refractivity contribution in [1.82, 2.24) is 25.1 Å². The van der Waals surface area contributed by atoms with Gasteiger partial charge >= 0.3 is 0 Å². The van der Waals surface area contributed by atoms with E-state index in [1.807, 2.05) is 43.0 Å². The number of ether oxygens (including phenoxy) is 1. The molecule has 24 heavy (non-hydrogen) atoms. The fraction of sp³-hybridized carbons (Fsp3) is 0.529. The number of amides is 1. The van der Waals surface area contributed by atoms with Crippen molar-refractivity contribution in [3.8, 4) is 5.75 Å². The summed E-state index contributed by atoms with van der Waals surface area (Å²) in [5.74, 6) is 1.72. The Kier molecular flexibility index (Phi) is 5.08. The summed E-state index contributed by atoms with van der Waals surface area (Å²) in [5.41, 5.74) is 1.05. The number of nitrogens with zero attached hydrogens (tertiary/aromatic N) is 5. The van der Waals surface area contributed by atoms with E-state index in [1.54, 1.807) is 4.68 Å². The lowest BCUT2D eigenvalue weighted by Crippen LogP contribution is -2.33. The smallest absolute Gasteiger partial charge is 0.224 e. The van der Waals surface area contributed by atoms with Gasteiger partial charge in [0.05, 0.1) is 13.2 Å². The summed E-state index contributed by atoms with van der Waals surface area (Å²) in [6, 6.07) is 8.27. The molecule has 0 bridgehead atoms. The Morgan fingerprint density at radius 3 is 2.83 bits per heavy atom. The predicted octanol–water partition coefficient (Wildman–Crippen LogP) is 1.96. The van der Waals surface area contributed by atoms with Crippen LogP contribution >= 0.6 is 0 Å². The summed E-state index contributed by atoms with van der Waals surface area (Å²) in [5, 5.41) is 11.4. The van der Waals surface area contributed by atoms with Crippen LogP contribution in [0.2, 0.25) is 0 Å². The third kappa shape index (κ3) is 3.90. The Morgan fingerprint density at radius 2 is 2.17 bits per heavy atom. The number of hydrogen-bond acceptors (Lipinski definition) is 5. The summed E-state index contributed by atoms with van der Waals surface area (Å²) in [4.78, 5) is 14.7. The van der Waals surface area contributed by atoms with Crippen LogP contribution in [0.25, 0.3) is 0 Å². The first-order valence-corrected chi connectivity index (χ1v) is 8.42. The quantitative estimate of drug-likeness (QED) is 0.740. The lowest BCUT2D eigenvalue weighted by atomic mass is 10.1. The monoisotopic (exact) mass is 329 g/mol. The second-order valence-corrected chi connectivity index (χ2v) is 5.99. The SMILES string of the molecule is CCOc1ccccc1CN(C(=O)CCn1nnnc1C)C1CC1. The van der Waals surface area contributed by atoms with E-state index in [4.69, 9.17) is 4.74 Å². The van der Waals surface area contributed by atoms with Crippen LogP contribution in [0.5, 0.6) is 5.75 Å². The normalized spacial score (nSPS) is 13.8. The second-order valence-electron chi connectivity index (χ2n) is 5.99. The Hall–Kier alpha value is -2.44. The number of tetrazole rings is 1. The summed E-state index contributed by atoms with van der Waals surface area (Å²) >= 11 is 0. The molecule has 0 saturated heterocycles. The van der Waals surface area contributed by atoms with Crippen LogP contribution in [-0.2, 0) is 17.9 Å². The number of rotatable bonds is 8. The van der Waals surface area contributed by atoms with Crippen molar-refractivity contribution in [3.63, 3.8) is 0 Å². The molecule has 7 heteroatoms. The van der Waals surface area contributed by atoms with Gasteiger partial charge in [-0.15, -0.1) is 5.10 Å². The van der Waals surface area contributed by atoms with E-state index in [0.717, 1.165) is 30.0 Å². The van der Waals surface area contributed by atoms with Gasteiger partial charge < -0.3 is 9.64 Å². The molecule has 1 saturated carbocycles. The number of aromatic nitrogens is 4. The third-order valence-corrected chi connectivity index (χ3v) is 4.17. The molecule has 0 unspecified atom stereocenters. The van der Waals surface area contributed by atoms with Crippen molar-refractivity contribution < 1.29 is 9.53 Å². The van der Waals surface area contributed by atoms with E-state index in [1.165, 1.54) is 0 Å². The first-order chi connectivity index (χ1) is 11.7. The molecule has 1 amide bonds. The van der Waals surface area contributed by atoms with Crippen LogP contribution in [-0.4, -0.2) is 43.7 Å². The van der Waals surface area contributed by atoms with Gasteiger partial charge in [-0.25, -0.2) is 4.68 Å². The van der Waals surface area contributed by atoms with E-state index in [-0.39, 0.29) is 5.91 Å². The van der Waals surface area contributed by atoms with Crippen LogP contribution in [0.1, 0.15) is 37.6 Å². The van der Waals surface area contributed by atoms with Crippen molar-refractivity contribution in [2.75, 3.05) is 6.61 Å². The molecular weight excluding hydrogens is 306 g/mol. The molecule has 1 heterocycles. The van der Waals surface area contributed by atoms with Gasteiger partial charge in [-0.3, -0.25) is 4.79 Å². The van der Waals surface area contributed by atoms with Crippen molar-refractivity contribution in [3.05, 3.63) is 35.7 Å². The highest BCUT2D eigenvalue weighted by atomic mass is 16.5. The molecule has 0 N–H and O–H groups in total. The minimum Gasteiger partial charge on any atom is -0.494 e. The molecule has 1 aromatic carbocycles. The highest BCUT2D eigenvalue weighted by Crippen LogP contribution is 2.31. The number of para-hydroxylation sites is 1. The minimum atomic E-state index is 0.138. The van der Waals surface area contributed by atoms with Gasteiger partial charge in [-0.2, -0.15) is 0 Å². The van der Waals surface area contributed by atoms with Crippen LogP contribution in [0.3, 0.4) is 0 Å². The average molecular weight is 329 g/mol. The largest absolute Gasteiger partial charge is 0.494 e. The molecule has 2 aromatic rings. The van der Waals surface area contributed by atoms with Gasteiger partial charge in [-0.1, -0.05) is 18.2 Å². The zero-order valence-electron chi connectivity index (χ0n) is 14.2. The Labute approximate surface area is 141 Å². The maximum Gasteiger partial charge on any atom is 0.224 e. The first-order valence-electron chi connectivity index (χ1n) is 8.42. The predicted molar refractivity (Wildman–Crippen MR) is 88.4 cm³/mol. The number of hydrogen-bond donors (Lipinski definition) is 0. The average Bonchev–Trinajstić information content (AvgIpc) is 3.34. The maximum atomic E-state index is 12.7. The number of benzene rings is 1. The summed E-state index contributed by atoms with van der Waals surface area (Å²) in [7, 11) is 0. The van der Waals surface area contributed by atoms with Gasteiger partial charge in [0.2, 0.25) is 5.91 Å². The topological polar surface area (TPSA) is 73.1 Å².